The maximum Gasteiger partial charge on any atom is 0.224 e. The van der Waals surface area contributed by atoms with Gasteiger partial charge >= 0.3 is 0 Å². The smallest absolute Gasteiger partial charge is 0.224 e. The van der Waals surface area contributed by atoms with E-state index in [1.165, 1.54) is 0 Å². The second-order valence-corrected chi connectivity index (χ2v) is 4.73. The number of nitrogens with one attached hydrogen (secondary N) is 1. The predicted octanol–water partition coefficient (Wildman–Crippen LogP) is 0.180. The summed E-state index contributed by atoms with van der Waals surface area (Å²) in [6, 6.07) is 0.270. The van der Waals surface area contributed by atoms with E-state index in [4.69, 9.17) is 5.73 Å². The Hall–Kier alpha value is -0.610. The summed E-state index contributed by atoms with van der Waals surface area (Å²) in [4.78, 5) is 14.0. The molecule has 1 saturated heterocycles. The van der Waals surface area contributed by atoms with Crippen molar-refractivity contribution in [1.82, 2.24) is 10.2 Å². The van der Waals surface area contributed by atoms with E-state index >= 15 is 0 Å². The highest BCUT2D eigenvalue weighted by Gasteiger charge is 2.22. The lowest BCUT2D eigenvalue weighted by Crippen LogP contribution is -2.47. The van der Waals surface area contributed by atoms with E-state index < -0.39 is 0 Å². The van der Waals surface area contributed by atoms with Crippen LogP contribution in [0.3, 0.4) is 0 Å². The molecule has 1 rings (SSSR count). The lowest BCUT2D eigenvalue weighted by molar-refractivity contribution is -0.125. The van der Waals surface area contributed by atoms with Gasteiger partial charge in [-0.1, -0.05) is 6.92 Å². The second-order valence-electron chi connectivity index (χ2n) is 4.73. The summed E-state index contributed by atoms with van der Waals surface area (Å²) in [7, 11) is 2.11. The number of rotatable bonds is 3. The number of hydrogen-bond donors (Lipinski definition) is 2. The fourth-order valence-corrected chi connectivity index (χ4v) is 1.72. The minimum Gasteiger partial charge on any atom is -0.353 e. The van der Waals surface area contributed by atoms with Gasteiger partial charge in [0.1, 0.15) is 0 Å². The summed E-state index contributed by atoms with van der Waals surface area (Å²) in [5.41, 5.74) is 5.69. The van der Waals surface area contributed by atoms with Crippen molar-refractivity contribution in [2.24, 2.45) is 11.7 Å². The van der Waals surface area contributed by atoms with Crippen molar-refractivity contribution < 1.29 is 4.79 Å². The van der Waals surface area contributed by atoms with Crippen LogP contribution < -0.4 is 11.1 Å². The molecule has 1 fully saturated rings. The molecular weight excluding hydrogens is 190 g/mol. The summed E-state index contributed by atoms with van der Waals surface area (Å²) >= 11 is 0. The number of likely N-dealkylation sites (tertiary alicyclic amines) is 1. The molecule has 1 aliphatic heterocycles. The number of amides is 1. The molecule has 0 radical (unpaired) electrons. The lowest BCUT2D eigenvalue weighted by Gasteiger charge is -2.30. The molecule has 3 N–H and O–H groups in total. The van der Waals surface area contributed by atoms with Gasteiger partial charge in [-0.3, -0.25) is 4.79 Å². The van der Waals surface area contributed by atoms with E-state index in [1.807, 2.05) is 13.8 Å². The Bertz CT molecular complexity index is 210. The van der Waals surface area contributed by atoms with Crippen molar-refractivity contribution >= 4 is 5.91 Å². The van der Waals surface area contributed by atoms with Crippen LogP contribution in [0.5, 0.6) is 0 Å². The molecule has 2 unspecified atom stereocenters. The van der Waals surface area contributed by atoms with Gasteiger partial charge < -0.3 is 16.0 Å². The van der Waals surface area contributed by atoms with Crippen LogP contribution in [0.1, 0.15) is 26.7 Å². The van der Waals surface area contributed by atoms with Crippen LogP contribution in [0.2, 0.25) is 0 Å². The Morgan fingerprint density at radius 3 is 2.40 bits per heavy atom. The van der Waals surface area contributed by atoms with Crippen molar-refractivity contribution in [1.29, 1.82) is 0 Å². The molecule has 1 heterocycles. The average Bonchev–Trinajstić information content (AvgIpc) is 2.20. The number of carbonyl (C=O) groups excluding carboxylic acids is 1. The van der Waals surface area contributed by atoms with Crippen LogP contribution in [0, 0.1) is 5.92 Å². The van der Waals surface area contributed by atoms with Gasteiger partial charge in [0.2, 0.25) is 5.91 Å². The maximum absolute atomic E-state index is 11.7. The van der Waals surface area contributed by atoms with E-state index in [9.17, 15) is 4.79 Å². The van der Waals surface area contributed by atoms with Crippen LogP contribution in [0.15, 0.2) is 0 Å². The predicted molar refractivity (Wildman–Crippen MR) is 61.5 cm³/mol. The molecular formula is C11H23N3O. The molecule has 0 aromatic rings. The maximum atomic E-state index is 11.7. The second kappa shape index (κ2) is 5.47. The summed E-state index contributed by atoms with van der Waals surface area (Å²) < 4.78 is 0. The first-order valence-corrected chi connectivity index (χ1v) is 5.75. The van der Waals surface area contributed by atoms with Crippen molar-refractivity contribution in [3.8, 4) is 0 Å². The number of carbonyl (C=O) groups is 1. The minimum absolute atomic E-state index is 0.0729. The van der Waals surface area contributed by atoms with Crippen LogP contribution in [-0.2, 0) is 4.79 Å². The summed E-state index contributed by atoms with van der Waals surface area (Å²) in [5.74, 6) is 0.00390. The molecule has 0 saturated carbocycles. The van der Waals surface area contributed by atoms with Gasteiger partial charge in [-0.2, -0.15) is 0 Å². The van der Waals surface area contributed by atoms with Gasteiger partial charge in [-0.05, 0) is 39.9 Å². The van der Waals surface area contributed by atoms with E-state index in [2.05, 4.69) is 17.3 Å². The number of piperidine rings is 1. The van der Waals surface area contributed by atoms with Crippen molar-refractivity contribution in [2.45, 2.75) is 38.8 Å². The molecule has 4 nitrogen and oxygen atoms in total. The highest BCUT2D eigenvalue weighted by molar-refractivity contribution is 5.79. The lowest BCUT2D eigenvalue weighted by atomic mass is 10.0. The molecule has 2 atom stereocenters. The summed E-state index contributed by atoms with van der Waals surface area (Å²) in [6.07, 6.45) is 2.10. The molecule has 0 aromatic heterocycles. The zero-order valence-corrected chi connectivity index (χ0v) is 9.99. The molecule has 4 heteroatoms. The van der Waals surface area contributed by atoms with Crippen molar-refractivity contribution in [3.63, 3.8) is 0 Å². The van der Waals surface area contributed by atoms with Crippen LogP contribution in [-0.4, -0.2) is 43.0 Å². The van der Waals surface area contributed by atoms with E-state index in [0.717, 1.165) is 25.9 Å². The Labute approximate surface area is 92.2 Å². The van der Waals surface area contributed by atoms with E-state index in [0.29, 0.717) is 6.04 Å². The minimum atomic E-state index is -0.0929. The summed E-state index contributed by atoms with van der Waals surface area (Å²) in [5, 5.41) is 3.07. The van der Waals surface area contributed by atoms with Gasteiger partial charge in [0.25, 0.3) is 0 Å². The third-order valence-corrected chi connectivity index (χ3v) is 3.27. The van der Waals surface area contributed by atoms with E-state index in [-0.39, 0.29) is 17.9 Å². The van der Waals surface area contributed by atoms with Crippen LogP contribution in [0.25, 0.3) is 0 Å². The van der Waals surface area contributed by atoms with Crippen molar-refractivity contribution in [3.05, 3.63) is 0 Å². The topological polar surface area (TPSA) is 58.4 Å². The van der Waals surface area contributed by atoms with E-state index in [1.54, 1.807) is 0 Å². The fourth-order valence-electron chi connectivity index (χ4n) is 1.72. The Balaban J connectivity index is 2.32. The summed E-state index contributed by atoms with van der Waals surface area (Å²) in [6.45, 7) is 5.89. The van der Waals surface area contributed by atoms with Gasteiger partial charge in [0.15, 0.2) is 0 Å². The SMILES string of the molecule is CC(N)C(C)C(=O)NC1CCN(C)CC1. The van der Waals surface area contributed by atoms with Gasteiger partial charge in [-0.25, -0.2) is 0 Å². The molecule has 1 aliphatic rings. The molecule has 0 bridgehead atoms. The Morgan fingerprint density at radius 1 is 1.40 bits per heavy atom. The molecule has 0 aliphatic carbocycles. The normalized spacial score (nSPS) is 23.5. The van der Waals surface area contributed by atoms with Crippen LogP contribution >= 0.6 is 0 Å². The molecule has 15 heavy (non-hydrogen) atoms. The molecule has 1 amide bonds. The Kier molecular flexibility index (Phi) is 4.54. The number of nitrogens with zero attached hydrogens (tertiary/aromatic N) is 1. The largest absolute Gasteiger partial charge is 0.353 e. The quantitative estimate of drug-likeness (QED) is 0.703. The van der Waals surface area contributed by atoms with Gasteiger partial charge in [-0.15, -0.1) is 0 Å². The van der Waals surface area contributed by atoms with Crippen LogP contribution in [0.4, 0.5) is 0 Å². The zero-order chi connectivity index (χ0) is 11.4. The average molecular weight is 213 g/mol. The number of hydrogen-bond acceptors (Lipinski definition) is 3. The third-order valence-electron chi connectivity index (χ3n) is 3.27. The molecule has 0 aromatic carbocycles. The number of nitrogens with two attached hydrogens (primary N) is 1. The standard InChI is InChI=1S/C11H23N3O/c1-8(9(2)12)11(15)13-10-4-6-14(3)7-5-10/h8-10H,4-7,12H2,1-3H3,(H,13,15). The molecule has 88 valence electrons. The Morgan fingerprint density at radius 2 is 1.93 bits per heavy atom. The van der Waals surface area contributed by atoms with Gasteiger partial charge in [0.05, 0.1) is 0 Å². The zero-order valence-electron chi connectivity index (χ0n) is 9.99. The monoisotopic (exact) mass is 213 g/mol. The third kappa shape index (κ3) is 3.80. The molecule has 0 spiro atoms. The first kappa shape index (κ1) is 12.5. The highest BCUT2D eigenvalue weighted by Crippen LogP contribution is 2.09. The first-order valence-electron chi connectivity index (χ1n) is 5.75. The first-order chi connectivity index (χ1) is 7.00. The highest BCUT2D eigenvalue weighted by atomic mass is 16.1. The fraction of sp³-hybridized carbons (Fsp3) is 0.909. The van der Waals surface area contributed by atoms with Crippen molar-refractivity contribution in [2.75, 3.05) is 20.1 Å². The van der Waals surface area contributed by atoms with Gasteiger partial charge in [0, 0.05) is 18.0 Å².